The molecule has 3 aromatic rings. The van der Waals surface area contributed by atoms with Crippen molar-refractivity contribution in [2.45, 2.75) is 25.1 Å². The summed E-state index contributed by atoms with van der Waals surface area (Å²) in [6, 6.07) is 10.3. The van der Waals surface area contributed by atoms with Gasteiger partial charge < -0.3 is 14.9 Å². The molecular weight excluding hydrogens is 424 g/mol. The molecule has 5 nitrogen and oxygen atoms in total. The normalized spacial score (nSPS) is 16.3. The highest BCUT2D eigenvalue weighted by atomic mass is 19.4. The summed E-state index contributed by atoms with van der Waals surface area (Å²) >= 11 is 0. The van der Waals surface area contributed by atoms with Crippen LogP contribution in [0, 0.1) is 5.82 Å². The number of aliphatic hydroxyl groups is 1. The predicted molar refractivity (Wildman–Crippen MR) is 112 cm³/mol. The average Bonchev–Trinajstić information content (AvgIpc) is 3.15. The van der Waals surface area contributed by atoms with Gasteiger partial charge in [-0.05, 0) is 42.3 Å². The summed E-state index contributed by atoms with van der Waals surface area (Å²) in [7, 11) is 0. The van der Waals surface area contributed by atoms with E-state index >= 15 is 0 Å². The van der Waals surface area contributed by atoms with Gasteiger partial charge in [-0.3, -0.25) is 0 Å². The third-order valence-electron chi connectivity index (χ3n) is 5.86. The van der Waals surface area contributed by atoms with E-state index in [1.54, 1.807) is 6.07 Å². The molecular formula is C23H20F4N4O. The van der Waals surface area contributed by atoms with Gasteiger partial charge in [0.15, 0.2) is 0 Å². The molecule has 1 aromatic heterocycles. The SMILES string of the molecule is OC1CN(c2cccc3c2CCN3c2cc(Cc3cc(F)cc(C(F)(F)F)c3)ncn2)C1. The van der Waals surface area contributed by atoms with Crippen LogP contribution in [0.25, 0.3) is 0 Å². The molecule has 32 heavy (non-hydrogen) atoms. The summed E-state index contributed by atoms with van der Waals surface area (Å²) in [5.41, 5.74) is 2.98. The van der Waals surface area contributed by atoms with Crippen molar-refractivity contribution in [3.05, 3.63) is 77.0 Å². The Morgan fingerprint density at radius 2 is 1.81 bits per heavy atom. The molecule has 5 rings (SSSR count). The Morgan fingerprint density at radius 3 is 2.56 bits per heavy atom. The van der Waals surface area contributed by atoms with Crippen LogP contribution in [0.5, 0.6) is 0 Å². The Kier molecular flexibility index (Phi) is 5.00. The monoisotopic (exact) mass is 444 g/mol. The van der Waals surface area contributed by atoms with Gasteiger partial charge in [-0.15, -0.1) is 0 Å². The largest absolute Gasteiger partial charge is 0.416 e. The summed E-state index contributed by atoms with van der Waals surface area (Å²) in [6.45, 7) is 1.93. The van der Waals surface area contributed by atoms with Crippen molar-refractivity contribution in [2.75, 3.05) is 29.4 Å². The molecule has 2 aliphatic heterocycles. The van der Waals surface area contributed by atoms with Gasteiger partial charge in [-0.1, -0.05) is 6.07 Å². The number of aliphatic hydroxyl groups excluding tert-OH is 1. The summed E-state index contributed by atoms with van der Waals surface area (Å²) in [4.78, 5) is 12.7. The molecule has 1 fully saturated rings. The van der Waals surface area contributed by atoms with E-state index in [0.29, 0.717) is 37.2 Å². The molecule has 0 radical (unpaired) electrons. The first-order valence-corrected chi connectivity index (χ1v) is 10.3. The van der Waals surface area contributed by atoms with Gasteiger partial charge in [0.05, 0.1) is 17.4 Å². The highest BCUT2D eigenvalue weighted by molar-refractivity contribution is 5.76. The fourth-order valence-corrected chi connectivity index (χ4v) is 4.36. The molecule has 0 bridgehead atoms. The zero-order chi connectivity index (χ0) is 22.5. The Bertz CT molecular complexity index is 1160. The number of benzene rings is 2. The predicted octanol–water partition coefficient (Wildman–Crippen LogP) is 4.10. The standard InChI is InChI=1S/C23H20F4N4O/c24-16-7-14(6-15(9-16)23(25,26)27)8-17-10-22(29-13-28-17)31-5-4-19-20(2-1-3-21(19)31)30-11-18(32)12-30/h1-3,6-7,9-10,13,18,32H,4-5,8,11-12H2. The highest BCUT2D eigenvalue weighted by Crippen LogP contribution is 2.40. The number of β-amino-alcohol motifs (C(OH)–C–C–N with tert-alkyl or cyclic N) is 1. The van der Waals surface area contributed by atoms with Crippen LogP contribution in [-0.4, -0.2) is 40.8 Å². The van der Waals surface area contributed by atoms with Crippen LogP contribution in [-0.2, 0) is 19.0 Å². The quantitative estimate of drug-likeness (QED) is 0.614. The first-order valence-electron chi connectivity index (χ1n) is 10.3. The topological polar surface area (TPSA) is 52.5 Å². The van der Waals surface area contributed by atoms with Crippen LogP contribution in [0.4, 0.5) is 34.8 Å². The number of anilines is 3. The number of rotatable bonds is 4. The van der Waals surface area contributed by atoms with Crippen molar-refractivity contribution in [3.8, 4) is 0 Å². The molecule has 0 aliphatic carbocycles. The van der Waals surface area contributed by atoms with Crippen LogP contribution >= 0.6 is 0 Å². The lowest BCUT2D eigenvalue weighted by atomic mass is 10.0. The van der Waals surface area contributed by atoms with Crippen molar-refractivity contribution in [2.24, 2.45) is 0 Å². The minimum absolute atomic E-state index is 0.0583. The number of nitrogens with zero attached hydrogens (tertiary/aromatic N) is 4. The van der Waals surface area contributed by atoms with Gasteiger partial charge in [-0.2, -0.15) is 13.2 Å². The van der Waals surface area contributed by atoms with E-state index in [1.807, 2.05) is 23.1 Å². The van der Waals surface area contributed by atoms with Crippen LogP contribution in [0.2, 0.25) is 0 Å². The smallest absolute Gasteiger partial charge is 0.389 e. The zero-order valence-corrected chi connectivity index (χ0v) is 17.0. The Morgan fingerprint density at radius 1 is 1.03 bits per heavy atom. The zero-order valence-electron chi connectivity index (χ0n) is 17.0. The van der Waals surface area contributed by atoms with Crippen molar-refractivity contribution in [1.29, 1.82) is 0 Å². The minimum atomic E-state index is -4.61. The van der Waals surface area contributed by atoms with Crippen molar-refractivity contribution in [3.63, 3.8) is 0 Å². The van der Waals surface area contributed by atoms with E-state index in [1.165, 1.54) is 11.9 Å². The molecule has 0 saturated carbocycles. The Hall–Kier alpha value is -3.20. The third kappa shape index (κ3) is 3.88. The maximum atomic E-state index is 13.8. The second-order valence-corrected chi connectivity index (χ2v) is 8.13. The first kappa shape index (κ1) is 20.7. The molecule has 1 saturated heterocycles. The van der Waals surface area contributed by atoms with Gasteiger partial charge in [0.25, 0.3) is 0 Å². The van der Waals surface area contributed by atoms with E-state index in [0.717, 1.165) is 29.9 Å². The average molecular weight is 444 g/mol. The van der Waals surface area contributed by atoms with Gasteiger partial charge in [0, 0.05) is 49.1 Å². The fraction of sp³-hybridized carbons (Fsp3) is 0.304. The lowest BCUT2D eigenvalue weighted by molar-refractivity contribution is -0.137. The van der Waals surface area contributed by atoms with E-state index < -0.39 is 17.6 Å². The van der Waals surface area contributed by atoms with Crippen LogP contribution in [0.3, 0.4) is 0 Å². The van der Waals surface area contributed by atoms with Crippen molar-refractivity contribution in [1.82, 2.24) is 9.97 Å². The molecule has 0 spiro atoms. The Labute approximate surface area is 182 Å². The number of hydrogen-bond donors (Lipinski definition) is 1. The van der Waals surface area contributed by atoms with E-state index in [-0.39, 0.29) is 18.1 Å². The second-order valence-electron chi connectivity index (χ2n) is 8.13. The maximum absolute atomic E-state index is 13.8. The maximum Gasteiger partial charge on any atom is 0.416 e. The van der Waals surface area contributed by atoms with Gasteiger partial charge in [0.2, 0.25) is 0 Å². The molecule has 2 aromatic carbocycles. The number of halogens is 4. The molecule has 166 valence electrons. The highest BCUT2D eigenvalue weighted by Gasteiger charge is 2.32. The van der Waals surface area contributed by atoms with Crippen LogP contribution < -0.4 is 9.80 Å². The number of aromatic nitrogens is 2. The van der Waals surface area contributed by atoms with Crippen LogP contribution in [0.15, 0.2) is 48.8 Å². The lowest BCUT2D eigenvalue weighted by Crippen LogP contribution is -2.51. The van der Waals surface area contributed by atoms with E-state index in [9.17, 15) is 22.7 Å². The van der Waals surface area contributed by atoms with E-state index in [4.69, 9.17) is 0 Å². The Balaban J connectivity index is 1.41. The molecule has 1 N–H and O–H groups in total. The molecule has 9 heteroatoms. The second kappa shape index (κ2) is 7.74. The minimum Gasteiger partial charge on any atom is -0.389 e. The lowest BCUT2D eigenvalue weighted by Gasteiger charge is -2.39. The molecule has 0 amide bonds. The third-order valence-corrected chi connectivity index (χ3v) is 5.86. The van der Waals surface area contributed by atoms with Gasteiger partial charge in [0.1, 0.15) is 18.0 Å². The van der Waals surface area contributed by atoms with Gasteiger partial charge in [-0.25, -0.2) is 14.4 Å². The fourth-order valence-electron chi connectivity index (χ4n) is 4.36. The van der Waals surface area contributed by atoms with Crippen LogP contribution in [0.1, 0.15) is 22.4 Å². The van der Waals surface area contributed by atoms with Gasteiger partial charge >= 0.3 is 6.18 Å². The summed E-state index contributed by atoms with van der Waals surface area (Å²) in [5, 5.41) is 9.63. The molecule has 3 heterocycles. The van der Waals surface area contributed by atoms with Crippen molar-refractivity contribution < 1.29 is 22.7 Å². The molecule has 0 atom stereocenters. The summed E-state index contributed by atoms with van der Waals surface area (Å²) < 4.78 is 52.8. The summed E-state index contributed by atoms with van der Waals surface area (Å²) in [6.07, 6.45) is -2.66. The number of hydrogen-bond acceptors (Lipinski definition) is 5. The number of alkyl halides is 3. The summed E-state index contributed by atoms with van der Waals surface area (Å²) in [5.74, 6) is -0.289. The molecule has 0 unspecified atom stereocenters. The van der Waals surface area contributed by atoms with E-state index in [2.05, 4.69) is 14.9 Å². The molecule has 2 aliphatic rings. The van der Waals surface area contributed by atoms with Crippen molar-refractivity contribution >= 4 is 17.2 Å². The first-order chi connectivity index (χ1) is 15.3. The number of fused-ring (bicyclic) bond motifs is 1.